The van der Waals surface area contributed by atoms with E-state index in [1.165, 1.54) is 24.6 Å². The van der Waals surface area contributed by atoms with Crippen LogP contribution in [0.2, 0.25) is 5.02 Å². The third-order valence-corrected chi connectivity index (χ3v) is 4.71. The summed E-state index contributed by atoms with van der Waals surface area (Å²) < 4.78 is 1.89. The highest BCUT2D eigenvalue weighted by Crippen LogP contribution is 2.35. The van der Waals surface area contributed by atoms with Gasteiger partial charge in [0.1, 0.15) is 5.03 Å². The molecule has 1 aliphatic rings. The van der Waals surface area contributed by atoms with E-state index in [9.17, 15) is 0 Å². The van der Waals surface area contributed by atoms with Crippen LogP contribution < -0.4 is 5.32 Å². The minimum Gasteiger partial charge on any atom is -0.354 e. The van der Waals surface area contributed by atoms with Crippen LogP contribution in [0.15, 0.2) is 16.4 Å². The molecule has 0 spiro atoms. The Morgan fingerprint density at radius 3 is 3.00 bits per heavy atom. The van der Waals surface area contributed by atoms with Crippen LogP contribution in [-0.2, 0) is 0 Å². The van der Waals surface area contributed by atoms with E-state index in [0.717, 1.165) is 24.5 Å². The van der Waals surface area contributed by atoms with Crippen LogP contribution in [0.25, 0.3) is 0 Å². The van der Waals surface area contributed by atoms with Crippen LogP contribution in [0.5, 0.6) is 0 Å². The van der Waals surface area contributed by atoms with Gasteiger partial charge in [-0.2, -0.15) is 0 Å². The van der Waals surface area contributed by atoms with Gasteiger partial charge in [0.05, 0.1) is 17.3 Å². The van der Waals surface area contributed by atoms with Gasteiger partial charge in [0, 0.05) is 6.54 Å². The fourth-order valence-corrected chi connectivity index (χ4v) is 3.40. The second-order valence-corrected chi connectivity index (χ2v) is 6.19. The van der Waals surface area contributed by atoms with Crippen LogP contribution in [0, 0.1) is 0 Å². The summed E-state index contributed by atoms with van der Waals surface area (Å²) in [4.78, 5) is 8.54. The average Bonchev–Trinajstić information content (AvgIpc) is 3.13. The average molecular weight is 326 g/mol. The van der Waals surface area contributed by atoms with Gasteiger partial charge >= 0.3 is 0 Å². The molecule has 21 heavy (non-hydrogen) atoms. The quantitative estimate of drug-likeness (QED) is 0.846. The Labute approximate surface area is 131 Å². The number of nitrogens with one attached hydrogen (secondary N) is 1. The van der Waals surface area contributed by atoms with E-state index in [-0.39, 0.29) is 0 Å². The van der Waals surface area contributed by atoms with E-state index in [2.05, 4.69) is 30.8 Å². The van der Waals surface area contributed by atoms with Crippen LogP contribution >= 0.6 is 23.4 Å². The molecule has 0 saturated heterocycles. The first kappa shape index (κ1) is 14.5. The zero-order chi connectivity index (χ0) is 14.7. The number of hydrogen-bond acceptors (Lipinski definition) is 7. The molecule has 1 N–H and O–H groups in total. The lowest BCUT2D eigenvalue weighted by Gasteiger charge is -2.11. The maximum atomic E-state index is 6.17. The molecule has 112 valence electrons. The topological polar surface area (TPSA) is 81.4 Å². The summed E-state index contributed by atoms with van der Waals surface area (Å²) in [5.41, 5.74) is 0. The lowest BCUT2D eigenvalue weighted by atomic mass is 10.3. The van der Waals surface area contributed by atoms with E-state index in [1.807, 2.05) is 11.6 Å². The number of anilines is 1. The van der Waals surface area contributed by atoms with Gasteiger partial charge in [-0.15, -0.1) is 5.10 Å². The first-order valence-electron chi connectivity index (χ1n) is 7.00. The van der Waals surface area contributed by atoms with E-state index in [0.29, 0.717) is 22.0 Å². The predicted octanol–water partition coefficient (Wildman–Crippen LogP) is 2.81. The molecule has 1 fully saturated rings. The SMILES string of the molecule is CCNc1ncc(Cl)c(Sc2nnnn2C2CCCC2)n1. The van der Waals surface area contributed by atoms with Crippen LogP contribution in [0.4, 0.5) is 5.95 Å². The van der Waals surface area contributed by atoms with Crippen LogP contribution in [-0.4, -0.2) is 36.7 Å². The van der Waals surface area contributed by atoms with Crippen molar-refractivity contribution in [2.24, 2.45) is 0 Å². The number of rotatable bonds is 5. The van der Waals surface area contributed by atoms with Gasteiger partial charge in [0.25, 0.3) is 0 Å². The standard InChI is InChI=1S/C12H16ClN7S/c1-2-14-11-15-7-9(13)10(16-11)21-12-17-18-19-20(12)8-5-3-4-6-8/h7-8H,2-6H2,1H3,(H,14,15,16). The zero-order valence-corrected chi connectivity index (χ0v) is 13.2. The Balaban J connectivity index is 1.83. The van der Waals surface area contributed by atoms with Crippen molar-refractivity contribution in [1.29, 1.82) is 0 Å². The van der Waals surface area contributed by atoms with Crippen molar-refractivity contribution in [2.75, 3.05) is 11.9 Å². The molecule has 1 aliphatic carbocycles. The predicted molar refractivity (Wildman–Crippen MR) is 80.7 cm³/mol. The van der Waals surface area contributed by atoms with Crippen molar-refractivity contribution < 1.29 is 0 Å². The molecular weight excluding hydrogens is 310 g/mol. The maximum Gasteiger partial charge on any atom is 0.223 e. The Hall–Kier alpha value is -1.41. The number of hydrogen-bond donors (Lipinski definition) is 1. The van der Waals surface area contributed by atoms with Crippen molar-refractivity contribution in [3.8, 4) is 0 Å². The van der Waals surface area contributed by atoms with Crippen molar-refractivity contribution in [1.82, 2.24) is 30.2 Å². The lowest BCUT2D eigenvalue weighted by Crippen LogP contribution is -2.08. The van der Waals surface area contributed by atoms with Gasteiger partial charge in [-0.3, -0.25) is 0 Å². The molecule has 0 aliphatic heterocycles. The fourth-order valence-electron chi connectivity index (χ4n) is 2.38. The van der Waals surface area contributed by atoms with Gasteiger partial charge < -0.3 is 5.32 Å². The molecule has 0 atom stereocenters. The van der Waals surface area contributed by atoms with E-state index < -0.39 is 0 Å². The number of nitrogens with zero attached hydrogens (tertiary/aromatic N) is 6. The van der Waals surface area contributed by atoms with Crippen LogP contribution in [0.1, 0.15) is 38.6 Å². The summed E-state index contributed by atoms with van der Waals surface area (Å²) in [6.45, 7) is 2.75. The summed E-state index contributed by atoms with van der Waals surface area (Å²) in [5.74, 6) is 0.560. The molecule has 0 radical (unpaired) electrons. The Kier molecular flexibility index (Phi) is 4.54. The third-order valence-electron chi connectivity index (χ3n) is 3.37. The molecule has 7 nitrogen and oxygen atoms in total. The monoisotopic (exact) mass is 325 g/mol. The second-order valence-electron chi connectivity index (χ2n) is 4.82. The minimum atomic E-state index is 0.386. The molecular formula is C12H16ClN7S. The van der Waals surface area contributed by atoms with Crippen molar-refractivity contribution in [3.63, 3.8) is 0 Å². The van der Waals surface area contributed by atoms with E-state index in [1.54, 1.807) is 6.20 Å². The fraction of sp³-hybridized carbons (Fsp3) is 0.583. The molecule has 0 amide bonds. The zero-order valence-electron chi connectivity index (χ0n) is 11.7. The normalized spacial score (nSPS) is 15.5. The van der Waals surface area contributed by atoms with Crippen molar-refractivity contribution >= 4 is 29.3 Å². The highest BCUT2D eigenvalue weighted by atomic mass is 35.5. The molecule has 2 aromatic rings. The highest BCUT2D eigenvalue weighted by molar-refractivity contribution is 7.99. The summed E-state index contributed by atoms with van der Waals surface area (Å²) in [7, 11) is 0. The molecule has 2 aromatic heterocycles. The molecule has 0 bridgehead atoms. The summed E-state index contributed by atoms with van der Waals surface area (Å²) >= 11 is 7.55. The summed E-state index contributed by atoms with van der Waals surface area (Å²) in [5, 5.41) is 17.0. The second kappa shape index (κ2) is 6.57. The molecule has 1 saturated carbocycles. The molecule has 2 heterocycles. The molecule has 0 aromatic carbocycles. The first-order chi connectivity index (χ1) is 10.3. The lowest BCUT2D eigenvalue weighted by molar-refractivity contribution is 0.423. The number of tetrazole rings is 1. The van der Waals surface area contributed by atoms with Crippen molar-refractivity contribution in [2.45, 2.75) is 48.8 Å². The molecule has 0 unspecified atom stereocenters. The number of halogens is 1. The first-order valence-corrected chi connectivity index (χ1v) is 8.19. The van der Waals surface area contributed by atoms with Gasteiger partial charge in [-0.25, -0.2) is 14.6 Å². The third kappa shape index (κ3) is 3.26. The summed E-state index contributed by atoms with van der Waals surface area (Å²) in [6.07, 6.45) is 6.30. The maximum absolute atomic E-state index is 6.17. The van der Waals surface area contributed by atoms with Crippen LogP contribution in [0.3, 0.4) is 0 Å². The van der Waals surface area contributed by atoms with Crippen molar-refractivity contribution in [3.05, 3.63) is 11.2 Å². The molecule has 3 rings (SSSR count). The van der Waals surface area contributed by atoms with Gasteiger partial charge in [0.2, 0.25) is 11.1 Å². The van der Waals surface area contributed by atoms with Gasteiger partial charge in [-0.05, 0) is 42.0 Å². The van der Waals surface area contributed by atoms with Gasteiger partial charge in [0.15, 0.2) is 0 Å². The highest BCUT2D eigenvalue weighted by Gasteiger charge is 2.22. The minimum absolute atomic E-state index is 0.386. The van der Waals surface area contributed by atoms with Gasteiger partial charge in [-0.1, -0.05) is 24.4 Å². The Morgan fingerprint density at radius 2 is 2.24 bits per heavy atom. The van der Waals surface area contributed by atoms with E-state index >= 15 is 0 Å². The Bertz CT molecular complexity index is 611. The molecule has 9 heteroatoms. The Morgan fingerprint density at radius 1 is 1.43 bits per heavy atom. The van der Waals surface area contributed by atoms with E-state index in [4.69, 9.17) is 11.6 Å². The largest absolute Gasteiger partial charge is 0.354 e. The summed E-state index contributed by atoms with van der Waals surface area (Å²) in [6, 6.07) is 0.386. The smallest absolute Gasteiger partial charge is 0.223 e. The number of aromatic nitrogens is 6.